The second kappa shape index (κ2) is 6.52. The van der Waals surface area contributed by atoms with Gasteiger partial charge in [-0.3, -0.25) is 0 Å². The average Bonchev–Trinajstić information content (AvgIpc) is 2.53. The molecule has 0 heterocycles. The van der Waals surface area contributed by atoms with Crippen LogP contribution in [0.15, 0.2) is 54.6 Å². The van der Waals surface area contributed by atoms with Crippen molar-refractivity contribution >= 4 is 0 Å². The first kappa shape index (κ1) is 18.0. The second-order valence-corrected chi connectivity index (χ2v) is 5.87. The molecule has 3 aromatic rings. The van der Waals surface area contributed by atoms with Crippen molar-refractivity contribution in [2.75, 3.05) is 0 Å². The van der Waals surface area contributed by atoms with Crippen molar-refractivity contribution < 1.29 is 26.3 Å². The number of rotatable bonds is 2. The van der Waals surface area contributed by atoms with E-state index in [0.717, 1.165) is 23.8 Å². The Bertz CT molecular complexity index is 932. The van der Waals surface area contributed by atoms with Crippen LogP contribution in [0.4, 0.5) is 26.3 Å². The monoisotopic (exact) mass is 366 g/mol. The molecule has 6 heteroatoms. The van der Waals surface area contributed by atoms with Gasteiger partial charge in [-0.05, 0) is 47.9 Å². The van der Waals surface area contributed by atoms with E-state index in [0.29, 0.717) is 17.7 Å². The molecule has 0 radical (unpaired) electrons. The molecule has 0 aliphatic carbocycles. The topological polar surface area (TPSA) is 0 Å². The second-order valence-electron chi connectivity index (χ2n) is 5.87. The van der Waals surface area contributed by atoms with E-state index in [9.17, 15) is 26.3 Å². The number of hydrogen-bond acceptors (Lipinski definition) is 0. The van der Waals surface area contributed by atoms with Crippen LogP contribution in [0.1, 0.15) is 11.1 Å². The third kappa shape index (κ3) is 3.45. The summed E-state index contributed by atoms with van der Waals surface area (Å²) in [7, 11) is 0. The van der Waals surface area contributed by atoms with Crippen molar-refractivity contribution in [2.45, 2.75) is 13.1 Å². The molecule has 0 bridgehead atoms. The van der Waals surface area contributed by atoms with Crippen molar-refractivity contribution in [3.63, 3.8) is 0 Å². The Labute approximate surface area is 145 Å². The highest BCUT2D eigenvalue weighted by Gasteiger charge is 2.34. The van der Waals surface area contributed by atoms with Gasteiger partial charge in [0.2, 0.25) is 0 Å². The molecule has 134 valence electrons. The summed E-state index contributed by atoms with van der Waals surface area (Å²) in [6, 6.07) is 10.9. The molecule has 3 aromatic carbocycles. The van der Waals surface area contributed by atoms with Gasteiger partial charge in [0.25, 0.3) is 0 Å². The molecule has 0 fully saturated rings. The van der Waals surface area contributed by atoms with Gasteiger partial charge in [0.15, 0.2) is 0 Å². The Morgan fingerprint density at radius 1 is 0.615 bits per heavy atom. The van der Waals surface area contributed by atoms with Crippen LogP contribution in [-0.2, 0) is 6.18 Å². The van der Waals surface area contributed by atoms with E-state index in [1.165, 1.54) is 0 Å². The first-order valence-corrected chi connectivity index (χ1v) is 7.60. The fourth-order valence-corrected chi connectivity index (χ4v) is 2.66. The van der Waals surface area contributed by atoms with E-state index < -0.39 is 34.8 Å². The van der Waals surface area contributed by atoms with E-state index in [2.05, 4.69) is 0 Å². The number of hydrogen-bond donors (Lipinski definition) is 0. The summed E-state index contributed by atoms with van der Waals surface area (Å²) in [4.78, 5) is 0. The highest BCUT2D eigenvalue weighted by molar-refractivity contribution is 5.72. The molecule has 0 aliphatic heterocycles. The molecule has 0 aromatic heterocycles. The van der Waals surface area contributed by atoms with Gasteiger partial charge in [-0.25, -0.2) is 13.2 Å². The molecule has 0 aliphatic rings. The van der Waals surface area contributed by atoms with E-state index >= 15 is 0 Å². The maximum atomic E-state index is 14.4. The predicted octanol–water partition coefficient (Wildman–Crippen LogP) is 6.77. The Hall–Kier alpha value is -2.76. The summed E-state index contributed by atoms with van der Waals surface area (Å²) in [5.74, 6) is -3.56. The van der Waals surface area contributed by atoms with Crippen LogP contribution in [-0.4, -0.2) is 0 Å². The maximum absolute atomic E-state index is 14.4. The molecular formula is C20H12F6. The zero-order valence-corrected chi connectivity index (χ0v) is 13.5. The summed E-state index contributed by atoms with van der Waals surface area (Å²) in [6.45, 7) is 1.87. The molecule has 26 heavy (non-hydrogen) atoms. The summed E-state index contributed by atoms with van der Waals surface area (Å²) in [5, 5.41) is 0. The molecule has 0 spiro atoms. The van der Waals surface area contributed by atoms with Crippen molar-refractivity contribution in [2.24, 2.45) is 0 Å². The highest BCUT2D eigenvalue weighted by atomic mass is 19.4. The first-order chi connectivity index (χ1) is 12.2. The zero-order valence-electron chi connectivity index (χ0n) is 13.5. The lowest BCUT2D eigenvalue weighted by Crippen LogP contribution is -2.08. The molecule has 0 nitrogen and oxygen atoms in total. The van der Waals surface area contributed by atoms with Gasteiger partial charge in [-0.1, -0.05) is 35.9 Å². The lowest BCUT2D eigenvalue weighted by atomic mass is 9.97. The number of alkyl halides is 3. The fraction of sp³-hybridized carbons (Fsp3) is 0.100. The van der Waals surface area contributed by atoms with Crippen LogP contribution < -0.4 is 0 Å². The van der Waals surface area contributed by atoms with Crippen molar-refractivity contribution in [3.8, 4) is 22.3 Å². The van der Waals surface area contributed by atoms with Gasteiger partial charge in [-0.15, -0.1) is 0 Å². The molecule has 0 atom stereocenters. The van der Waals surface area contributed by atoms with E-state index in [-0.39, 0.29) is 11.1 Å². The van der Waals surface area contributed by atoms with Crippen molar-refractivity contribution in [1.82, 2.24) is 0 Å². The Balaban J connectivity index is 2.07. The standard InChI is InChI=1S/C20H12F6/c1-11-2-4-12(5-3-11)14-9-17(22)19(18(23)10-14)13-6-7-15(16(21)8-13)20(24,25)26/h2-10H,1H3. The van der Waals surface area contributed by atoms with Crippen LogP contribution in [0, 0.1) is 24.4 Å². The van der Waals surface area contributed by atoms with E-state index in [1.54, 1.807) is 24.3 Å². The summed E-state index contributed by atoms with van der Waals surface area (Å²) >= 11 is 0. The van der Waals surface area contributed by atoms with E-state index in [1.807, 2.05) is 6.92 Å². The summed E-state index contributed by atoms with van der Waals surface area (Å²) in [5.41, 5.74) is -0.533. The quantitative estimate of drug-likeness (QED) is 0.439. The van der Waals surface area contributed by atoms with Crippen LogP contribution >= 0.6 is 0 Å². The summed E-state index contributed by atoms with van der Waals surface area (Å²) < 4.78 is 80.5. The highest BCUT2D eigenvalue weighted by Crippen LogP contribution is 2.36. The third-order valence-corrected chi connectivity index (χ3v) is 3.99. The SMILES string of the molecule is Cc1ccc(-c2cc(F)c(-c3ccc(C(F)(F)F)c(F)c3)c(F)c2)cc1. The van der Waals surface area contributed by atoms with Crippen LogP contribution in [0.2, 0.25) is 0 Å². The van der Waals surface area contributed by atoms with Crippen molar-refractivity contribution in [3.05, 3.63) is 83.2 Å². The van der Waals surface area contributed by atoms with Gasteiger partial charge in [0.05, 0.1) is 11.1 Å². The number of aryl methyl sites for hydroxylation is 1. The molecule has 0 amide bonds. The minimum atomic E-state index is -4.88. The van der Waals surface area contributed by atoms with Crippen LogP contribution in [0.25, 0.3) is 22.3 Å². The molecule has 0 unspecified atom stereocenters. The van der Waals surface area contributed by atoms with Crippen molar-refractivity contribution in [1.29, 1.82) is 0 Å². The molecule has 3 rings (SSSR count). The minimum absolute atomic E-state index is 0.274. The average molecular weight is 366 g/mol. The third-order valence-electron chi connectivity index (χ3n) is 3.99. The molecular weight excluding hydrogens is 354 g/mol. The molecule has 0 saturated heterocycles. The van der Waals surface area contributed by atoms with Gasteiger partial charge in [-0.2, -0.15) is 13.2 Å². The minimum Gasteiger partial charge on any atom is -0.206 e. The Kier molecular flexibility index (Phi) is 4.52. The predicted molar refractivity (Wildman–Crippen MR) is 86.9 cm³/mol. The lowest BCUT2D eigenvalue weighted by Gasteiger charge is -2.12. The fourth-order valence-electron chi connectivity index (χ4n) is 2.66. The maximum Gasteiger partial charge on any atom is 0.419 e. The van der Waals surface area contributed by atoms with E-state index in [4.69, 9.17) is 0 Å². The Morgan fingerprint density at radius 3 is 1.62 bits per heavy atom. The van der Waals surface area contributed by atoms with Crippen LogP contribution in [0.3, 0.4) is 0 Å². The van der Waals surface area contributed by atoms with Gasteiger partial charge in [0.1, 0.15) is 17.5 Å². The van der Waals surface area contributed by atoms with Crippen LogP contribution in [0.5, 0.6) is 0 Å². The molecule has 0 N–H and O–H groups in total. The van der Waals surface area contributed by atoms with Gasteiger partial charge in [0, 0.05) is 0 Å². The Morgan fingerprint density at radius 2 is 1.12 bits per heavy atom. The molecule has 0 saturated carbocycles. The van der Waals surface area contributed by atoms with Gasteiger partial charge < -0.3 is 0 Å². The lowest BCUT2D eigenvalue weighted by molar-refractivity contribution is -0.139. The normalized spacial score (nSPS) is 11.7. The largest absolute Gasteiger partial charge is 0.419 e. The van der Waals surface area contributed by atoms with Gasteiger partial charge >= 0.3 is 6.18 Å². The zero-order chi connectivity index (χ0) is 19.1. The first-order valence-electron chi connectivity index (χ1n) is 7.60. The number of halogens is 6. The smallest absolute Gasteiger partial charge is 0.206 e. The summed E-state index contributed by atoms with van der Waals surface area (Å²) in [6.07, 6.45) is -4.88. The number of benzene rings is 3.